The Hall–Kier alpha value is -0.280. The van der Waals surface area contributed by atoms with E-state index in [1.165, 1.54) is 0 Å². The van der Waals surface area contributed by atoms with Gasteiger partial charge in [0.15, 0.2) is 0 Å². The molecule has 0 aliphatic heterocycles. The van der Waals surface area contributed by atoms with Crippen LogP contribution in [0.4, 0.5) is 0 Å². The number of hydrogen-bond acceptors (Lipinski definition) is 1. The molecule has 11 heavy (non-hydrogen) atoms. The zero-order valence-electron chi connectivity index (χ0n) is 5.97. The molecular formula is C8H7BrOS. The van der Waals surface area contributed by atoms with E-state index in [1.54, 1.807) is 0 Å². The summed E-state index contributed by atoms with van der Waals surface area (Å²) >= 11 is 7.04. The molecule has 0 atom stereocenters. The van der Waals surface area contributed by atoms with E-state index in [0.29, 0.717) is 5.56 Å². The van der Waals surface area contributed by atoms with Crippen molar-refractivity contribution in [3.8, 4) is 0 Å². The van der Waals surface area contributed by atoms with Gasteiger partial charge in [-0.15, -0.1) is 12.6 Å². The van der Waals surface area contributed by atoms with E-state index in [1.807, 2.05) is 25.1 Å². The molecule has 0 saturated heterocycles. The predicted octanol–water partition coefficient (Wildman–Crippen LogP) is 2.83. The largest absolute Gasteiger partial charge is 0.282 e. The van der Waals surface area contributed by atoms with Crippen molar-refractivity contribution in [2.24, 2.45) is 0 Å². The lowest BCUT2D eigenvalue weighted by Gasteiger charge is -2.01. The third-order valence-electron chi connectivity index (χ3n) is 1.44. The first-order valence-electron chi connectivity index (χ1n) is 3.11. The second-order valence-corrected chi connectivity index (χ2v) is 3.50. The van der Waals surface area contributed by atoms with E-state index in [-0.39, 0.29) is 5.12 Å². The highest BCUT2D eigenvalue weighted by Crippen LogP contribution is 2.21. The van der Waals surface area contributed by atoms with Crippen molar-refractivity contribution in [3.05, 3.63) is 33.8 Å². The Labute approximate surface area is 79.3 Å². The van der Waals surface area contributed by atoms with Crippen LogP contribution in [0.3, 0.4) is 0 Å². The molecule has 0 fully saturated rings. The number of benzene rings is 1. The molecule has 0 spiro atoms. The van der Waals surface area contributed by atoms with Gasteiger partial charge in [0.2, 0.25) is 5.12 Å². The molecule has 0 N–H and O–H groups in total. The van der Waals surface area contributed by atoms with Crippen LogP contribution in [0.1, 0.15) is 15.9 Å². The molecule has 1 nitrogen and oxygen atoms in total. The monoisotopic (exact) mass is 230 g/mol. The van der Waals surface area contributed by atoms with Gasteiger partial charge in [0.25, 0.3) is 0 Å². The average molecular weight is 231 g/mol. The summed E-state index contributed by atoms with van der Waals surface area (Å²) in [5.74, 6) is 0. The number of hydrogen-bond donors (Lipinski definition) is 1. The molecule has 1 aromatic carbocycles. The number of halogens is 1. The summed E-state index contributed by atoms with van der Waals surface area (Å²) in [4.78, 5) is 10.9. The number of rotatable bonds is 1. The van der Waals surface area contributed by atoms with Gasteiger partial charge in [-0.2, -0.15) is 0 Å². The first kappa shape index (κ1) is 8.81. The van der Waals surface area contributed by atoms with Gasteiger partial charge in [0, 0.05) is 10.0 Å². The van der Waals surface area contributed by atoms with E-state index in [4.69, 9.17) is 0 Å². The van der Waals surface area contributed by atoms with Crippen LogP contribution in [0.5, 0.6) is 0 Å². The lowest BCUT2D eigenvalue weighted by atomic mass is 10.1. The Morgan fingerprint density at radius 2 is 2.18 bits per heavy atom. The van der Waals surface area contributed by atoms with Gasteiger partial charge in [-0.1, -0.05) is 28.1 Å². The normalized spacial score (nSPS) is 9.73. The fourth-order valence-electron chi connectivity index (χ4n) is 0.903. The van der Waals surface area contributed by atoms with Crippen molar-refractivity contribution in [1.82, 2.24) is 0 Å². The van der Waals surface area contributed by atoms with Gasteiger partial charge < -0.3 is 0 Å². The first-order valence-corrected chi connectivity index (χ1v) is 4.35. The van der Waals surface area contributed by atoms with Gasteiger partial charge in [0.05, 0.1) is 0 Å². The van der Waals surface area contributed by atoms with Gasteiger partial charge in [-0.25, -0.2) is 0 Å². The van der Waals surface area contributed by atoms with Crippen LogP contribution >= 0.6 is 28.6 Å². The second kappa shape index (κ2) is 3.41. The summed E-state index contributed by atoms with van der Waals surface area (Å²) in [5.41, 5.74) is 1.59. The third-order valence-corrected chi connectivity index (χ3v) is 2.32. The summed E-state index contributed by atoms with van der Waals surface area (Å²) in [6.07, 6.45) is 0. The van der Waals surface area contributed by atoms with Gasteiger partial charge in [-0.05, 0) is 18.6 Å². The molecule has 3 heteroatoms. The number of aryl methyl sites for hydroxylation is 1. The smallest absolute Gasteiger partial charge is 0.217 e. The minimum Gasteiger partial charge on any atom is -0.282 e. The Bertz CT molecular complexity index is 276. The van der Waals surface area contributed by atoms with Crippen LogP contribution in [-0.4, -0.2) is 5.12 Å². The number of carbonyl (C=O) groups excluding carboxylic acids is 1. The Morgan fingerprint density at radius 1 is 1.55 bits per heavy atom. The van der Waals surface area contributed by atoms with Gasteiger partial charge >= 0.3 is 0 Å². The molecule has 58 valence electrons. The van der Waals surface area contributed by atoms with E-state index in [0.717, 1.165) is 10.0 Å². The Morgan fingerprint density at radius 3 is 2.55 bits per heavy atom. The molecule has 0 heterocycles. The Kier molecular flexibility index (Phi) is 2.73. The van der Waals surface area contributed by atoms with Gasteiger partial charge in [-0.3, -0.25) is 4.79 Å². The molecule has 0 aromatic heterocycles. The van der Waals surface area contributed by atoms with Crippen LogP contribution < -0.4 is 0 Å². The van der Waals surface area contributed by atoms with E-state index in [2.05, 4.69) is 28.6 Å². The number of thiol groups is 1. The maximum Gasteiger partial charge on any atom is 0.217 e. The summed E-state index contributed by atoms with van der Waals surface area (Å²) in [6.45, 7) is 1.88. The number of carbonyl (C=O) groups is 1. The van der Waals surface area contributed by atoms with Gasteiger partial charge in [0.1, 0.15) is 0 Å². The molecule has 0 aliphatic carbocycles. The van der Waals surface area contributed by atoms with Crippen molar-refractivity contribution < 1.29 is 4.79 Å². The summed E-state index contributed by atoms with van der Waals surface area (Å²) < 4.78 is 0.803. The predicted molar refractivity (Wildman–Crippen MR) is 52.2 cm³/mol. The van der Waals surface area contributed by atoms with Crippen molar-refractivity contribution >= 4 is 33.7 Å². The molecular weight excluding hydrogens is 224 g/mol. The highest BCUT2D eigenvalue weighted by atomic mass is 79.9. The average Bonchev–Trinajstić information content (AvgIpc) is 1.85. The first-order chi connectivity index (χ1) is 5.13. The third kappa shape index (κ3) is 1.84. The minimum atomic E-state index is -0.199. The lowest BCUT2D eigenvalue weighted by Crippen LogP contribution is -1.94. The molecule has 0 aliphatic rings. The summed E-state index contributed by atoms with van der Waals surface area (Å²) in [5, 5.41) is -0.199. The second-order valence-electron chi connectivity index (χ2n) is 2.24. The minimum absolute atomic E-state index is 0.199. The summed E-state index contributed by atoms with van der Waals surface area (Å²) in [6, 6.07) is 5.60. The van der Waals surface area contributed by atoms with Crippen LogP contribution in [0, 0.1) is 6.92 Å². The standard InChI is InChI=1S/C8H7BrOS/c1-5-3-2-4-6(9)7(5)8(10)11/h2-4H,1H3,(H,10,11). The molecule has 0 bridgehead atoms. The quantitative estimate of drug-likeness (QED) is 0.735. The van der Waals surface area contributed by atoms with Crippen molar-refractivity contribution in [2.45, 2.75) is 6.92 Å². The highest BCUT2D eigenvalue weighted by Gasteiger charge is 2.07. The van der Waals surface area contributed by atoms with Crippen LogP contribution in [-0.2, 0) is 0 Å². The molecule has 0 saturated carbocycles. The molecule has 0 radical (unpaired) electrons. The fraction of sp³-hybridized carbons (Fsp3) is 0.125. The topological polar surface area (TPSA) is 17.1 Å². The SMILES string of the molecule is Cc1cccc(Br)c1C(=O)S. The lowest BCUT2D eigenvalue weighted by molar-refractivity contribution is 0.109. The van der Waals surface area contributed by atoms with Crippen LogP contribution in [0.15, 0.2) is 22.7 Å². The van der Waals surface area contributed by atoms with E-state index >= 15 is 0 Å². The molecule has 1 rings (SSSR count). The van der Waals surface area contributed by atoms with Crippen molar-refractivity contribution in [2.75, 3.05) is 0 Å². The maximum absolute atomic E-state index is 10.9. The Balaban J connectivity index is 3.32. The zero-order valence-corrected chi connectivity index (χ0v) is 8.45. The van der Waals surface area contributed by atoms with Crippen molar-refractivity contribution in [3.63, 3.8) is 0 Å². The highest BCUT2D eigenvalue weighted by molar-refractivity contribution is 9.10. The summed E-state index contributed by atoms with van der Waals surface area (Å²) in [7, 11) is 0. The fourth-order valence-corrected chi connectivity index (χ4v) is 2.00. The van der Waals surface area contributed by atoms with Crippen molar-refractivity contribution in [1.29, 1.82) is 0 Å². The van der Waals surface area contributed by atoms with E-state index < -0.39 is 0 Å². The van der Waals surface area contributed by atoms with Crippen LogP contribution in [0.2, 0.25) is 0 Å². The molecule has 0 unspecified atom stereocenters. The maximum atomic E-state index is 10.9. The van der Waals surface area contributed by atoms with E-state index in [9.17, 15) is 4.79 Å². The molecule has 1 aromatic rings. The van der Waals surface area contributed by atoms with Crippen LogP contribution in [0.25, 0.3) is 0 Å². The zero-order chi connectivity index (χ0) is 8.43. The molecule has 0 amide bonds.